The minimum Gasteiger partial charge on any atom is -0.459 e. The van der Waals surface area contributed by atoms with E-state index in [0.717, 1.165) is 25.7 Å². The predicted molar refractivity (Wildman–Crippen MR) is 112 cm³/mol. The van der Waals surface area contributed by atoms with Gasteiger partial charge in [-0.05, 0) is 75.2 Å². The molecule has 2 aliphatic carbocycles. The van der Waals surface area contributed by atoms with Gasteiger partial charge in [0.1, 0.15) is 11.2 Å². The van der Waals surface area contributed by atoms with Gasteiger partial charge in [-0.2, -0.15) is 0 Å². The van der Waals surface area contributed by atoms with Crippen LogP contribution in [0.15, 0.2) is 12.7 Å². The summed E-state index contributed by atoms with van der Waals surface area (Å²) in [4.78, 5) is 23.5. The monoisotopic (exact) mass is 392 g/mol. The van der Waals surface area contributed by atoms with Crippen molar-refractivity contribution < 1.29 is 19.1 Å². The Morgan fingerprint density at radius 3 is 2.29 bits per heavy atom. The Labute approximate surface area is 171 Å². The predicted octanol–water partition coefficient (Wildman–Crippen LogP) is 5.84. The number of rotatable bonds is 6. The zero-order chi connectivity index (χ0) is 21.4. The molecule has 0 heterocycles. The molecule has 0 aliphatic heterocycles. The Kier molecular flexibility index (Phi) is 6.43. The van der Waals surface area contributed by atoms with Crippen LogP contribution in [-0.4, -0.2) is 23.1 Å². The van der Waals surface area contributed by atoms with Crippen molar-refractivity contribution in [2.45, 2.75) is 105 Å². The second-order valence-corrected chi connectivity index (χ2v) is 10.5. The Bertz CT molecular complexity index is 624. The highest BCUT2D eigenvalue weighted by Gasteiger charge is 2.59. The van der Waals surface area contributed by atoms with Gasteiger partial charge in [0.2, 0.25) is 0 Å². The minimum absolute atomic E-state index is 0.0997. The van der Waals surface area contributed by atoms with Gasteiger partial charge in [0.15, 0.2) is 0 Å². The number of hydrogen-bond acceptors (Lipinski definition) is 4. The van der Waals surface area contributed by atoms with Crippen molar-refractivity contribution in [3.8, 4) is 0 Å². The first kappa shape index (κ1) is 23.0. The summed E-state index contributed by atoms with van der Waals surface area (Å²) in [5.41, 5.74) is -0.789. The van der Waals surface area contributed by atoms with Crippen LogP contribution in [0.2, 0.25) is 0 Å². The van der Waals surface area contributed by atoms with E-state index in [1.807, 2.05) is 6.92 Å². The molecule has 28 heavy (non-hydrogen) atoms. The molecule has 160 valence electrons. The maximum absolute atomic E-state index is 11.9. The quantitative estimate of drug-likeness (QED) is 0.421. The first-order valence-corrected chi connectivity index (χ1v) is 10.8. The van der Waals surface area contributed by atoms with Gasteiger partial charge in [-0.1, -0.05) is 33.8 Å². The third-order valence-electron chi connectivity index (χ3n) is 7.85. The summed E-state index contributed by atoms with van der Waals surface area (Å²) in [6.07, 6.45) is 8.83. The molecule has 4 heteroatoms. The molecule has 0 amide bonds. The van der Waals surface area contributed by atoms with Crippen LogP contribution in [0.3, 0.4) is 0 Å². The molecule has 5 atom stereocenters. The van der Waals surface area contributed by atoms with Gasteiger partial charge < -0.3 is 9.47 Å². The number of esters is 2. The SMILES string of the molecule is C=C[C@](C)(CC[C@H]1[C@@]2(C)CCCC(C)(C)[C@H]2CC[C@]1(C)OC(C)=O)OC(C)=O. The van der Waals surface area contributed by atoms with Crippen molar-refractivity contribution >= 4 is 11.9 Å². The van der Waals surface area contributed by atoms with Crippen molar-refractivity contribution in [2.75, 3.05) is 0 Å². The molecule has 0 N–H and O–H groups in total. The molecule has 0 bridgehead atoms. The highest BCUT2D eigenvalue weighted by Crippen LogP contribution is 2.63. The first-order valence-electron chi connectivity index (χ1n) is 10.8. The molecule has 0 radical (unpaired) electrons. The summed E-state index contributed by atoms with van der Waals surface area (Å²) in [6, 6.07) is 0. The molecule has 0 saturated heterocycles. The van der Waals surface area contributed by atoms with Gasteiger partial charge in [-0.25, -0.2) is 0 Å². The number of carbonyl (C=O) groups excluding carboxylic acids is 2. The summed E-state index contributed by atoms with van der Waals surface area (Å²) >= 11 is 0. The second-order valence-electron chi connectivity index (χ2n) is 10.5. The van der Waals surface area contributed by atoms with E-state index in [1.165, 1.54) is 26.7 Å². The maximum atomic E-state index is 11.9. The zero-order valence-corrected chi connectivity index (χ0v) is 19.0. The summed E-state index contributed by atoms with van der Waals surface area (Å²) in [5, 5.41) is 0. The molecular formula is C24H40O4. The fraction of sp³-hybridized carbons (Fsp3) is 0.833. The fourth-order valence-corrected chi connectivity index (χ4v) is 6.65. The zero-order valence-electron chi connectivity index (χ0n) is 19.0. The molecule has 0 aromatic heterocycles. The van der Waals surface area contributed by atoms with E-state index in [4.69, 9.17) is 9.47 Å². The van der Waals surface area contributed by atoms with Gasteiger partial charge >= 0.3 is 11.9 Å². The van der Waals surface area contributed by atoms with E-state index in [2.05, 4.69) is 34.3 Å². The van der Waals surface area contributed by atoms with E-state index in [0.29, 0.717) is 17.8 Å². The van der Waals surface area contributed by atoms with Crippen LogP contribution in [0.25, 0.3) is 0 Å². The minimum atomic E-state index is -0.698. The highest BCUT2D eigenvalue weighted by molar-refractivity contribution is 5.67. The summed E-state index contributed by atoms with van der Waals surface area (Å²) in [7, 11) is 0. The third-order valence-corrected chi connectivity index (χ3v) is 7.85. The van der Waals surface area contributed by atoms with Crippen LogP contribution in [0.1, 0.15) is 93.4 Å². The van der Waals surface area contributed by atoms with Gasteiger partial charge in [0, 0.05) is 19.8 Å². The molecule has 2 fully saturated rings. The molecule has 0 unspecified atom stereocenters. The van der Waals surface area contributed by atoms with Crippen molar-refractivity contribution in [3.05, 3.63) is 12.7 Å². The Balaban J connectivity index is 2.37. The molecule has 4 nitrogen and oxygen atoms in total. The van der Waals surface area contributed by atoms with Crippen LogP contribution in [0.5, 0.6) is 0 Å². The lowest BCUT2D eigenvalue weighted by Gasteiger charge is -2.62. The Morgan fingerprint density at radius 2 is 1.75 bits per heavy atom. The van der Waals surface area contributed by atoms with Crippen LogP contribution >= 0.6 is 0 Å². The van der Waals surface area contributed by atoms with Gasteiger partial charge in [0.05, 0.1) is 0 Å². The van der Waals surface area contributed by atoms with Crippen LogP contribution in [0, 0.1) is 22.7 Å². The van der Waals surface area contributed by atoms with E-state index in [9.17, 15) is 9.59 Å². The van der Waals surface area contributed by atoms with Crippen LogP contribution in [0.4, 0.5) is 0 Å². The molecule has 2 aliphatic rings. The van der Waals surface area contributed by atoms with Gasteiger partial charge in [-0.15, -0.1) is 0 Å². The molecular weight excluding hydrogens is 352 g/mol. The van der Waals surface area contributed by atoms with Gasteiger partial charge in [0.25, 0.3) is 0 Å². The van der Waals surface area contributed by atoms with E-state index in [1.54, 1.807) is 6.08 Å². The lowest BCUT2D eigenvalue weighted by atomic mass is 9.45. The summed E-state index contributed by atoms with van der Waals surface area (Å²) in [6.45, 7) is 18.1. The molecule has 0 aromatic carbocycles. The molecule has 0 aromatic rings. The molecule has 0 spiro atoms. The average molecular weight is 393 g/mol. The third kappa shape index (κ3) is 4.46. The second kappa shape index (κ2) is 7.84. The Morgan fingerprint density at radius 1 is 1.11 bits per heavy atom. The smallest absolute Gasteiger partial charge is 0.303 e. The van der Waals surface area contributed by atoms with E-state index >= 15 is 0 Å². The highest BCUT2D eigenvalue weighted by atomic mass is 16.6. The van der Waals surface area contributed by atoms with E-state index in [-0.39, 0.29) is 23.3 Å². The van der Waals surface area contributed by atoms with Gasteiger partial charge in [-0.3, -0.25) is 9.59 Å². The number of carbonyl (C=O) groups is 2. The lowest BCUT2D eigenvalue weighted by molar-refractivity contribution is -0.201. The summed E-state index contributed by atoms with van der Waals surface area (Å²) < 4.78 is 11.6. The fourth-order valence-electron chi connectivity index (χ4n) is 6.65. The van der Waals surface area contributed by atoms with Crippen molar-refractivity contribution in [1.82, 2.24) is 0 Å². The number of fused-ring (bicyclic) bond motifs is 1. The van der Waals surface area contributed by atoms with Crippen molar-refractivity contribution in [1.29, 1.82) is 0 Å². The van der Waals surface area contributed by atoms with E-state index < -0.39 is 11.2 Å². The van der Waals surface area contributed by atoms with Crippen LogP contribution in [-0.2, 0) is 19.1 Å². The van der Waals surface area contributed by atoms with Crippen molar-refractivity contribution in [3.63, 3.8) is 0 Å². The molecule has 2 rings (SSSR count). The normalized spacial score (nSPS) is 36.5. The first-order chi connectivity index (χ1) is 12.8. The molecule has 2 saturated carbocycles. The largest absolute Gasteiger partial charge is 0.459 e. The topological polar surface area (TPSA) is 52.6 Å². The lowest BCUT2D eigenvalue weighted by Crippen LogP contribution is -2.59. The standard InChI is InChI=1S/C24H40O4/c1-9-22(6,27-17(2)25)15-11-20-23(7)14-10-13-21(4,5)19(23)12-16-24(20,8)28-18(3)26/h9,19-20H,1,10-16H2,2-8H3/t19-,20+,22-,23+,24+/m1/s1. The number of hydrogen-bond donors (Lipinski definition) is 0. The Hall–Kier alpha value is -1.32. The maximum Gasteiger partial charge on any atom is 0.303 e. The summed E-state index contributed by atoms with van der Waals surface area (Å²) in [5.74, 6) is 0.316. The average Bonchev–Trinajstić information content (AvgIpc) is 2.51. The van der Waals surface area contributed by atoms with Crippen molar-refractivity contribution in [2.24, 2.45) is 22.7 Å². The number of ether oxygens (including phenoxy) is 2. The van der Waals surface area contributed by atoms with Crippen LogP contribution < -0.4 is 0 Å².